The molecule has 4 rings (SSSR count). The zero-order valence-corrected chi connectivity index (χ0v) is 22.1. The molecule has 0 saturated heterocycles. The van der Waals surface area contributed by atoms with Crippen molar-refractivity contribution >= 4 is 0 Å². The van der Waals surface area contributed by atoms with Gasteiger partial charge >= 0.3 is 0 Å². The molecule has 35 heavy (non-hydrogen) atoms. The van der Waals surface area contributed by atoms with Crippen LogP contribution < -0.4 is 0 Å². The molecular formula is C34H44O. The molecule has 0 radical (unpaired) electrons. The highest BCUT2D eigenvalue weighted by Gasteiger charge is 2.56. The molecule has 0 aromatic heterocycles. The van der Waals surface area contributed by atoms with Crippen molar-refractivity contribution in [3.05, 3.63) is 108 Å². The summed E-state index contributed by atoms with van der Waals surface area (Å²) in [5.74, 6) is 0.622. The standard InChI is InChI=1S/C34H44O/c1-4-27-35-32(29-19-11-6-12-20-29)34(31-23-15-8-16-24-31,26-25-28-17-9-5-10-18-28)33(2,3)30-21-13-7-14-22-30/h5-7,9-14,17-22,31-32H,4,8,15-16,23-27H2,1-3H3. The molecule has 1 aliphatic carbocycles. The van der Waals surface area contributed by atoms with E-state index in [9.17, 15) is 0 Å². The highest BCUT2D eigenvalue weighted by Crippen LogP contribution is 2.61. The van der Waals surface area contributed by atoms with Crippen molar-refractivity contribution in [3.63, 3.8) is 0 Å². The molecule has 0 amide bonds. The first kappa shape index (κ1) is 25.7. The van der Waals surface area contributed by atoms with Crippen molar-refractivity contribution < 1.29 is 4.74 Å². The number of ether oxygens (including phenoxy) is 1. The van der Waals surface area contributed by atoms with Gasteiger partial charge in [0.2, 0.25) is 0 Å². The van der Waals surface area contributed by atoms with Gasteiger partial charge in [-0.3, -0.25) is 0 Å². The van der Waals surface area contributed by atoms with Crippen LogP contribution in [0.3, 0.4) is 0 Å². The third kappa shape index (κ3) is 5.56. The van der Waals surface area contributed by atoms with Gasteiger partial charge in [-0.1, -0.05) is 131 Å². The predicted octanol–water partition coefficient (Wildman–Crippen LogP) is 9.33. The van der Waals surface area contributed by atoms with E-state index in [4.69, 9.17) is 4.74 Å². The molecule has 1 aliphatic rings. The van der Waals surface area contributed by atoms with E-state index in [1.165, 1.54) is 48.8 Å². The second-order valence-electron chi connectivity index (χ2n) is 11.0. The van der Waals surface area contributed by atoms with Crippen LogP contribution in [0.5, 0.6) is 0 Å². The monoisotopic (exact) mass is 468 g/mol. The van der Waals surface area contributed by atoms with Crippen LogP contribution in [0.2, 0.25) is 0 Å². The van der Waals surface area contributed by atoms with Crippen molar-refractivity contribution in [1.82, 2.24) is 0 Å². The van der Waals surface area contributed by atoms with Crippen LogP contribution >= 0.6 is 0 Å². The molecule has 1 saturated carbocycles. The summed E-state index contributed by atoms with van der Waals surface area (Å²) in [5.41, 5.74) is 4.11. The van der Waals surface area contributed by atoms with Crippen LogP contribution in [0.15, 0.2) is 91.0 Å². The molecule has 3 aromatic rings. The van der Waals surface area contributed by atoms with E-state index in [-0.39, 0.29) is 16.9 Å². The normalized spacial score (nSPS) is 17.6. The third-order valence-electron chi connectivity index (χ3n) is 8.72. The Bertz CT molecular complexity index is 989. The van der Waals surface area contributed by atoms with Crippen molar-refractivity contribution in [2.24, 2.45) is 11.3 Å². The molecule has 0 N–H and O–H groups in total. The highest BCUT2D eigenvalue weighted by molar-refractivity contribution is 5.32. The lowest BCUT2D eigenvalue weighted by Gasteiger charge is -2.57. The van der Waals surface area contributed by atoms with Crippen LogP contribution in [0.1, 0.15) is 88.5 Å². The van der Waals surface area contributed by atoms with E-state index >= 15 is 0 Å². The Morgan fingerprint density at radius 2 is 1.34 bits per heavy atom. The van der Waals surface area contributed by atoms with Crippen LogP contribution in [0.25, 0.3) is 0 Å². The summed E-state index contributed by atoms with van der Waals surface area (Å²) in [6.45, 7) is 8.04. The maximum absolute atomic E-state index is 6.99. The van der Waals surface area contributed by atoms with E-state index in [1.54, 1.807) is 0 Å². The number of rotatable bonds is 11. The topological polar surface area (TPSA) is 9.23 Å². The lowest BCUT2D eigenvalue weighted by Crippen LogP contribution is -2.52. The Hall–Kier alpha value is -2.38. The SMILES string of the molecule is CCCOC(c1ccccc1)C(CCc1ccccc1)(C1CCCCC1)C(C)(C)c1ccccc1. The molecule has 0 spiro atoms. The molecule has 2 atom stereocenters. The third-order valence-corrected chi connectivity index (χ3v) is 8.72. The molecule has 0 heterocycles. The number of hydrogen-bond acceptors (Lipinski definition) is 1. The summed E-state index contributed by atoms with van der Waals surface area (Å²) >= 11 is 0. The van der Waals surface area contributed by atoms with E-state index in [1.807, 2.05) is 0 Å². The molecule has 1 heteroatoms. The van der Waals surface area contributed by atoms with Crippen LogP contribution in [-0.2, 0) is 16.6 Å². The number of benzene rings is 3. The van der Waals surface area contributed by atoms with Crippen molar-refractivity contribution in [1.29, 1.82) is 0 Å². The quantitative estimate of drug-likeness (QED) is 0.272. The Balaban J connectivity index is 1.91. The lowest BCUT2D eigenvalue weighted by atomic mass is 9.49. The number of aryl methyl sites for hydroxylation is 1. The minimum absolute atomic E-state index is 0.0266. The summed E-state index contributed by atoms with van der Waals surface area (Å²) in [6.07, 6.45) is 9.91. The first-order chi connectivity index (χ1) is 17.1. The molecule has 1 nitrogen and oxygen atoms in total. The molecule has 3 aromatic carbocycles. The van der Waals surface area contributed by atoms with Gasteiger partial charge in [0, 0.05) is 12.0 Å². The zero-order valence-electron chi connectivity index (χ0n) is 22.1. The molecule has 186 valence electrons. The van der Waals surface area contributed by atoms with Gasteiger partial charge in [-0.2, -0.15) is 0 Å². The zero-order chi connectivity index (χ0) is 24.6. The van der Waals surface area contributed by atoms with Crippen LogP contribution in [0.4, 0.5) is 0 Å². The van der Waals surface area contributed by atoms with Gasteiger partial charge in [-0.05, 0) is 60.1 Å². The van der Waals surface area contributed by atoms with Crippen molar-refractivity contribution in [3.8, 4) is 0 Å². The highest BCUT2D eigenvalue weighted by atomic mass is 16.5. The van der Waals surface area contributed by atoms with E-state index in [0.29, 0.717) is 5.92 Å². The van der Waals surface area contributed by atoms with Crippen molar-refractivity contribution in [2.45, 2.75) is 83.7 Å². The average molecular weight is 469 g/mol. The van der Waals surface area contributed by atoms with Crippen LogP contribution in [-0.4, -0.2) is 6.61 Å². The smallest absolute Gasteiger partial charge is 0.0892 e. The minimum Gasteiger partial charge on any atom is -0.373 e. The Morgan fingerprint density at radius 3 is 1.94 bits per heavy atom. The van der Waals surface area contributed by atoms with E-state index in [2.05, 4.69) is 112 Å². The lowest BCUT2D eigenvalue weighted by molar-refractivity contribution is -0.125. The predicted molar refractivity (Wildman–Crippen MR) is 149 cm³/mol. The number of hydrogen-bond donors (Lipinski definition) is 0. The Kier molecular flexibility index (Phi) is 8.84. The van der Waals surface area contributed by atoms with Crippen molar-refractivity contribution in [2.75, 3.05) is 6.61 Å². The maximum atomic E-state index is 6.99. The maximum Gasteiger partial charge on any atom is 0.0892 e. The van der Waals surface area contributed by atoms with E-state index < -0.39 is 0 Å². The Labute approximate surface area is 213 Å². The first-order valence-electron chi connectivity index (χ1n) is 13.9. The van der Waals surface area contributed by atoms with E-state index in [0.717, 1.165) is 25.9 Å². The molecule has 0 aliphatic heterocycles. The summed E-state index contributed by atoms with van der Waals surface area (Å²) in [7, 11) is 0. The minimum atomic E-state index is -0.0563. The summed E-state index contributed by atoms with van der Waals surface area (Å²) < 4.78 is 6.99. The molecular weight excluding hydrogens is 424 g/mol. The second-order valence-corrected chi connectivity index (χ2v) is 11.0. The fourth-order valence-corrected chi connectivity index (χ4v) is 6.84. The molecule has 1 fully saturated rings. The summed E-state index contributed by atoms with van der Waals surface area (Å²) in [4.78, 5) is 0. The Morgan fingerprint density at radius 1 is 0.771 bits per heavy atom. The van der Waals surface area contributed by atoms with Gasteiger partial charge in [-0.15, -0.1) is 0 Å². The fourth-order valence-electron chi connectivity index (χ4n) is 6.84. The second kappa shape index (κ2) is 12.0. The van der Waals surface area contributed by atoms with Gasteiger partial charge < -0.3 is 4.74 Å². The first-order valence-corrected chi connectivity index (χ1v) is 13.9. The van der Waals surface area contributed by atoms with Gasteiger partial charge in [0.1, 0.15) is 0 Å². The molecule has 0 bridgehead atoms. The van der Waals surface area contributed by atoms with Crippen LogP contribution in [0, 0.1) is 11.3 Å². The summed E-state index contributed by atoms with van der Waals surface area (Å²) in [5, 5.41) is 0. The van der Waals surface area contributed by atoms with Gasteiger partial charge in [0.05, 0.1) is 6.10 Å². The van der Waals surface area contributed by atoms with Gasteiger partial charge in [-0.25, -0.2) is 0 Å². The van der Waals surface area contributed by atoms with Gasteiger partial charge in [0.25, 0.3) is 0 Å². The average Bonchev–Trinajstić information content (AvgIpc) is 2.92. The molecule has 2 unspecified atom stereocenters. The largest absolute Gasteiger partial charge is 0.373 e. The fraction of sp³-hybridized carbons (Fsp3) is 0.471. The van der Waals surface area contributed by atoms with Gasteiger partial charge in [0.15, 0.2) is 0 Å². The summed E-state index contributed by atoms with van der Waals surface area (Å²) in [6, 6.07) is 33.5.